The first-order chi connectivity index (χ1) is 11.0. The van der Waals surface area contributed by atoms with E-state index in [1.54, 1.807) is 0 Å². The van der Waals surface area contributed by atoms with Crippen LogP contribution in [0.3, 0.4) is 0 Å². The summed E-state index contributed by atoms with van der Waals surface area (Å²) in [4.78, 5) is 22.4. The van der Waals surface area contributed by atoms with Crippen LogP contribution in [0.15, 0.2) is 30.3 Å². The molecule has 1 aliphatic rings. The van der Waals surface area contributed by atoms with Crippen molar-refractivity contribution in [3.05, 3.63) is 35.9 Å². The number of hydrogen-bond donors (Lipinski definition) is 0. The largest absolute Gasteiger partial charge is 0.457 e. The highest BCUT2D eigenvalue weighted by atomic mass is 19.1. The van der Waals surface area contributed by atoms with E-state index in [0.717, 1.165) is 12.5 Å². The van der Waals surface area contributed by atoms with Gasteiger partial charge in [-0.3, -0.25) is 9.59 Å². The van der Waals surface area contributed by atoms with Gasteiger partial charge in [-0.15, -0.1) is 0 Å². The molecule has 0 saturated carbocycles. The monoisotopic (exact) mass is 326 g/mol. The van der Waals surface area contributed by atoms with Gasteiger partial charge >= 0.3 is 11.9 Å². The van der Waals surface area contributed by atoms with Crippen molar-refractivity contribution >= 4 is 11.9 Å². The lowest BCUT2D eigenvalue weighted by atomic mass is 10.0. The highest BCUT2D eigenvalue weighted by Gasteiger charge is 2.45. The second-order valence-electron chi connectivity index (χ2n) is 5.17. The summed E-state index contributed by atoms with van der Waals surface area (Å²) in [7, 11) is 0. The van der Waals surface area contributed by atoms with Crippen molar-refractivity contribution in [1.82, 2.24) is 0 Å². The van der Waals surface area contributed by atoms with E-state index in [0.29, 0.717) is 0 Å². The van der Waals surface area contributed by atoms with Crippen molar-refractivity contribution in [2.45, 2.75) is 45.1 Å². The third-order valence-electron chi connectivity index (χ3n) is 3.27. The van der Waals surface area contributed by atoms with Crippen molar-refractivity contribution in [1.29, 1.82) is 0 Å². The zero-order valence-corrected chi connectivity index (χ0v) is 12.9. The lowest BCUT2D eigenvalue weighted by Gasteiger charge is -2.38. The molecule has 1 saturated heterocycles. The Labute approximate surface area is 133 Å². The van der Waals surface area contributed by atoms with Gasteiger partial charge in [-0.1, -0.05) is 30.3 Å². The van der Waals surface area contributed by atoms with Crippen molar-refractivity contribution < 1.29 is 32.9 Å². The molecule has 0 radical (unpaired) electrons. The van der Waals surface area contributed by atoms with Crippen LogP contribution in [0.1, 0.15) is 19.4 Å². The molecule has 1 heterocycles. The van der Waals surface area contributed by atoms with E-state index in [-0.39, 0.29) is 13.2 Å². The fourth-order valence-corrected chi connectivity index (χ4v) is 2.33. The van der Waals surface area contributed by atoms with Gasteiger partial charge in [-0.05, 0) is 5.56 Å². The zero-order chi connectivity index (χ0) is 16.8. The Bertz CT molecular complexity index is 535. The SMILES string of the molecule is CC(=O)O[C@@H]1[C@@H](OCc2ccccc2)[C@H](OC(C)=O)CO[C@@H]1F. The maximum Gasteiger partial charge on any atom is 0.303 e. The van der Waals surface area contributed by atoms with Gasteiger partial charge in [0.2, 0.25) is 6.36 Å². The minimum atomic E-state index is -1.84. The Morgan fingerprint density at radius 1 is 1.13 bits per heavy atom. The first kappa shape index (κ1) is 17.4. The van der Waals surface area contributed by atoms with Gasteiger partial charge in [0.1, 0.15) is 6.10 Å². The van der Waals surface area contributed by atoms with E-state index >= 15 is 0 Å². The van der Waals surface area contributed by atoms with Crippen LogP contribution in [0.25, 0.3) is 0 Å². The third-order valence-corrected chi connectivity index (χ3v) is 3.27. The van der Waals surface area contributed by atoms with E-state index in [9.17, 15) is 14.0 Å². The van der Waals surface area contributed by atoms with Crippen molar-refractivity contribution in [3.8, 4) is 0 Å². The van der Waals surface area contributed by atoms with Crippen LogP contribution >= 0.6 is 0 Å². The van der Waals surface area contributed by atoms with Crippen molar-refractivity contribution in [2.75, 3.05) is 6.61 Å². The molecule has 0 aliphatic carbocycles. The van der Waals surface area contributed by atoms with Crippen LogP contribution in [-0.2, 0) is 35.1 Å². The summed E-state index contributed by atoms with van der Waals surface area (Å²) >= 11 is 0. The fourth-order valence-electron chi connectivity index (χ4n) is 2.33. The van der Waals surface area contributed by atoms with Gasteiger partial charge < -0.3 is 18.9 Å². The quantitative estimate of drug-likeness (QED) is 0.768. The molecule has 0 amide bonds. The lowest BCUT2D eigenvalue weighted by molar-refractivity contribution is -0.253. The highest BCUT2D eigenvalue weighted by molar-refractivity contribution is 5.67. The first-order valence-corrected chi connectivity index (χ1v) is 7.23. The molecular formula is C16H19FO6. The molecule has 126 valence electrons. The number of halogens is 1. The highest BCUT2D eigenvalue weighted by Crippen LogP contribution is 2.25. The fraction of sp³-hybridized carbons (Fsp3) is 0.500. The Hall–Kier alpha value is -1.99. The van der Waals surface area contributed by atoms with Gasteiger partial charge in [0.15, 0.2) is 12.2 Å². The summed E-state index contributed by atoms with van der Waals surface area (Å²) in [6, 6.07) is 9.22. The van der Waals surface area contributed by atoms with Crippen LogP contribution < -0.4 is 0 Å². The summed E-state index contributed by atoms with van der Waals surface area (Å²) in [5, 5.41) is 0. The van der Waals surface area contributed by atoms with Crippen LogP contribution in [0.2, 0.25) is 0 Å². The maximum atomic E-state index is 14.0. The average Bonchev–Trinajstić information content (AvgIpc) is 2.50. The van der Waals surface area contributed by atoms with Gasteiger partial charge in [-0.2, -0.15) is 0 Å². The minimum Gasteiger partial charge on any atom is -0.457 e. The number of carbonyl (C=O) groups excluding carboxylic acids is 2. The third kappa shape index (κ3) is 5.01. The molecule has 0 spiro atoms. The first-order valence-electron chi connectivity index (χ1n) is 7.23. The molecule has 1 aliphatic heterocycles. The number of alkyl halides is 1. The molecular weight excluding hydrogens is 307 g/mol. The summed E-state index contributed by atoms with van der Waals surface area (Å²) in [6.07, 6.45) is -4.94. The smallest absolute Gasteiger partial charge is 0.303 e. The van der Waals surface area contributed by atoms with Gasteiger partial charge in [0.25, 0.3) is 0 Å². The predicted octanol–water partition coefficient (Wildman–Crippen LogP) is 1.76. The number of hydrogen-bond acceptors (Lipinski definition) is 6. The molecule has 4 atom stereocenters. The normalized spacial score (nSPS) is 27.3. The molecule has 0 unspecified atom stereocenters. The van der Waals surface area contributed by atoms with E-state index in [1.165, 1.54) is 6.92 Å². The van der Waals surface area contributed by atoms with E-state index in [1.807, 2.05) is 30.3 Å². The Balaban J connectivity index is 2.12. The second-order valence-corrected chi connectivity index (χ2v) is 5.17. The van der Waals surface area contributed by atoms with Crippen molar-refractivity contribution in [3.63, 3.8) is 0 Å². The molecule has 0 bridgehead atoms. The lowest BCUT2D eigenvalue weighted by Crippen LogP contribution is -2.55. The number of benzene rings is 1. The number of ether oxygens (including phenoxy) is 4. The predicted molar refractivity (Wildman–Crippen MR) is 77.0 cm³/mol. The Morgan fingerprint density at radius 3 is 2.39 bits per heavy atom. The zero-order valence-electron chi connectivity index (χ0n) is 12.9. The maximum absolute atomic E-state index is 14.0. The molecule has 0 N–H and O–H groups in total. The average molecular weight is 326 g/mol. The van der Waals surface area contributed by atoms with Crippen LogP contribution in [0, 0.1) is 0 Å². The molecule has 1 fully saturated rings. The number of esters is 2. The topological polar surface area (TPSA) is 71.1 Å². The molecule has 0 aromatic heterocycles. The Morgan fingerprint density at radius 2 is 1.78 bits per heavy atom. The summed E-state index contributed by atoms with van der Waals surface area (Å²) in [5.41, 5.74) is 0.859. The van der Waals surface area contributed by atoms with Gasteiger partial charge in [-0.25, -0.2) is 4.39 Å². The number of carbonyl (C=O) groups is 2. The summed E-state index contributed by atoms with van der Waals surface area (Å²) in [5.74, 6) is -1.22. The second kappa shape index (κ2) is 8.03. The van der Waals surface area contributed by atoms with E-state index < -0.39 is 36.6 Å². The van der Waals surface area contributed by atoms with E-state index in [2.05, 4.69) is 0 Å². The molecule has 1 aromatic carbocycles. The van der Waals surface area contributed by atoms with Crippen molar-refractivity contribution in [2.24, 2.45) is 0 Å². The molecule has 6 nitrogen and oxygen atoms in total. The molecule has 23 heavy (non-hydrogen) atoms. The molecule has 7 heteroatoms. The summed E-state index contributed by atoms with van der Waals surface area (Å²) < 4.78 is 34.6. The van der Waals surface area contributed by atoms with Gasteiger partial charge in [0.05, 0.1) is 13.2 Å². The summed E-state index contributed by atoms with van der Waals surface area (Å²) in [6.45, 7) is 2.39. The standard InChI is InChI=1S/C16H19FO6/c1-10(18)22-13-9-21-16(17)15(23-11(2)19)14(13)20-8-12-6-4-3-5-7-12/h3-7,13-16H,8-9H2,1-2H3/t13-,14+,15-,16+/m1/s1. The van der Waals surface area contributed by atoms with Crippen LogP contribution in [0.4, 0.5) is 4.39 Å². The van der Waals surface area contributed by atoms with Crippen LogP contribution in [-0.4, -0.2) is 43.2 Å². The number of rotatable bonds is 5. The van der Waals surface area contributed by atoms with E-state index in [4.69, 9.17) is 18.9 Å². The molecule has 2 rings (SSSR count). The van der Waals surface area contributed by atoms with Gasteiger partial charge in [0, 0.05) is 13.8 Å². The molecule has 1 aromatic rings. The Kier molecular flexibility index (Phi) is 6.06. The minimum absolute atomic E-state index is 0.160. The van der Waals surface area contributed by atoms with Crippen LogP contribution in [0.5, 0.6) is 0 Å².